The third kappa shape index (κ3) is 2.77. The summed E-state index contributed by atoms with van der Waals surface area (Å²) in [5.74, 6) is 1.50. The van der Waals surface area contributed by atoms with E-state index in [0.29, 0.717) is 18.1 Å². The summed E-state index contributed by atoms with van der Waals surface area (Å²) in [4.78, 5) is 22.7. The predicted molar refractivity (Wildman–Crippen MR) is 108 cm³/mol. The van der Waals surface area contributed by atoms with E-state index in [2.05, 4.69) is 20.4 Å². The Bertz CT molecular complexity index is 1180. The second kappa shape index (κ2) is 6.45. The number of para-hydroxylation sites is 1. The Morgan fingerprint density at radius 3 is 2.57 bits per heavy atom. The van der Waals surface area contributed by atoms with Crippen LogP contribution >= 0.6 is 0 Å². The van der Waals surface area contributed by atoms with Crippen LogP contribution in [-0.2, 0) is 4.79 Å². The van der Waals surface area contributed by atoms with Gasteiger partial charge >= 0.3 is 0 Å². The predicted octanol–water partition coefficient (Wildman–Crippen LogP) is 3.60. The number of nitrogens with zero attached hydrogens (tertiary/aromatic N) is 5. The Kier molecular flexibility index (Phi) is 3.79. The van der Waals surface area contributed by atoms with Gasteiger partial charge in [0.25, 0.3) is 0 Å². The molecular formula is C21H18N6O. The van der Waals surface area contributed by atoms with Gasteiger partial charge in [-0.1, -0.05) is 24.3 Å². The highest BCUT2D eigenvalue weighted by molar-refractivity contribution is 6.00. The van der Waals surface area contributed by atoms with Crippen molar-refractivity contribution in [2.75, 3.05) is 16.8 Å². The number of hydrogen-bond acceptors (Lipinski definition) is 5. The summed E-state index contributed by atoms with van der Waals surface area (Å²) >= 11 is 0. The third-order valence-electron chi connectivity index (χ3n) is 4.81. The van der Waals surface area contributed by atoms with Gasteiger partial charge in [0.05, 0.1) is 17.3 Å². The molecule has 0 radical (unpaired) electrons. The van der Waals surface area contributed by atoms with Crippen LogP contribution in [0.25, 0.3) is 16.7 Å². The average molecular weight is 370 g/mol. The monoisotopic (exact) mass is 370 g/mol. The molecule has 0 spiro atoms. The van der Waals surface area contributed by atoms with E-state index in [4.69, 9.17) is 0 Å². The van der Waals surface area contributed by atoms with Crippen LogP contribution in [0.1, 0.15) is 12.2 Å². The Hall–Kier alpha value is -3.74. The van der Waals surface area contributed by atoms with Crippen LogP contribution in [0.5, 0.6) is 0 Å². The fraction of sp³-hybridized carbons (Fsp3) is 0.143. The minimum Gasteiger partial charge on any atom is -0.339 e. The first kappa shape index (κ1) is 16.4. The van der Waals surface area contributed by atoms with Gasteiger partial charge in [0.1, 0.15) is 11.6 Å². The normalized spacial score (nSPS) is 13.6. The molecule has 138 valence electrons. The summed E-state index contributed by atoms with van der Waals surface area (Å²) in [7, 11) is 0. The Morgan fingerprint density at radius 1 is 1.00 bits per heavy atom. The quantitative estimate of drug-likeness (QED) is 0.556. The highest BCUT2D eigenvalue weighted by Gasteiger charge is 2.25. The lowest BCUT2D eigenvalue weighted by Crippen LogP contribution is -2.43. The molecule has 0 unspecified atom stereocenters. The summed E-state index contributed by atoms with van der Waals surface area (Å²) in [5, 5.41) is 8.71. The number of rotatable bonds is 4. The van der Waals surface area contributed by atoms with Crippen molar-refractivity contribution in [3.63, 3.8) is 0 Å². The molecule has 1 N–H and O–H groups in total. The van der Waals surface area contributed by atoms with E-state index in [1.54, 1.807) is 11.1 Å². The van der Waals surface area contributed by atoms with Gasteiger partial charge in [0, 0.05) is 24.3 Å². The smallest absolute Gasteiger partial charge is 0.228 e. The number of carbonyl (C=O) groups is 1. The minimum absolute atomic E-state index is 0.154. The number of aryl methyl sites for hydroxylation is 1. The molecule has 0 saturated carbocycles. The standard InChI is InChI=1S/C21H18N6O/c1-14-23-20(25-15-6-5-9-17(12-15)26-11-10-19(26)28)18-13-22-27(21(18)24-14)16-7-3-2-4-8-16/h2-9,12-13H,10-11H2,1H3,(H,23,24,25). The maximum Gasteiger partial charge on any atom is 0.228 e. The van der Waals surface area contributed by atoms with Crippen molar-refractivity contribution >= 4 is 34.1 Å². The van der Waals surface area contributed by atoms with Gasteiger partial charge in [-0.3, -0.25) is 4.79 Å². The molecule has 3 heterocycles. The first-order valence-electron chi connectivity index (χ1n) is 9.14. The molecule has 1 saturated heterocycles. The largest absolute Gasteiger partial charge is 0.339 e. The molecule has 1 fully saturated rings. The summed E-state index contributed by atoms with van der Waals surface area (Å²) in [5.41, 5.74) is 3.45. The van der Waals surface area contributed by atoms with Gasteiger partial charge in [-0.25, -0.2) is 14.6 Å². The molecule has 7 nitrogen and oxygen atoms in total. The number of aromatic nitrogens is 4. The maximum absolute atomic E-state index is 11.7. The second-order valence-electron chi connectivity index (χ2n) is 6.72. The molecule has 1 amide bonds. The number of amides is 1. The molecule has 7 heteroatoms. The van der Waals surface area contributed by atoms with E-state index in [1.165, 1.54) is 0 Å². The fourth-order valence-electron chi connectivity index (χ4n) is 3.35. The van der Waals surface area contributed by atoms with E-state index >= 15 is 0 Å². The molecule has 0 aliphatic carbocycles. The Morgan fingerprint density at radius 2 is 1.82 bits per heavy atom. The van der Waals surface area contributed by atoms with Crippen molar-refractivity contribution in [3.8, 4) is 5.69 Å². The van der Waals surface area contributed by atoms with E-state index in [1.807, 2.05) is 66.2 Å². The minimum atomic E-state index is 0.154. The molecule has 1 aliphatic heterocycles. The van der Waals surface area contributed by atoms with Gasteiger partial charge in [0.2, 0.25) is 5.91 Å². The van der Waals surface area contributed by atoms with E-state index in [-0.39, 0.29) is 5.91 Å². The first-order chi connectivity index (χ1) is 13.7. The topological polar surface area (TPSA) is 75.9 Å². The average Bonchev–Trinajstić information content (AvgIpc) is 3.12. The zero-order valence-corrected chi connectivity index (χ0v) is 15.3. The molecule has 1 aliphatic rings. The Balaban J connectivity index is 1.54. The van der Waals surface area contributed by atoms with Crippen molar-refractivity contribution in [3.05, 3.63) is 66.6 Å². The summed E-state index contributed by atoms with van der Waals surface area (Å²) in [6.45, 7) is 2.63. The number of fused-ring (bicyclic) bond motifs is 1. The van der Waals surface area contributed by atoms with Crippen molar-refractivity contribution < 1.29 is 4.79 Å². The highest BCUT2D eigenvalue weighted by Crippen LogP contribution is 2.29. The zero-order valence-electron chi connectivity index (χ0n) is 15.3. The van der Waals surface area contributed by atoms with E-state index in [0.717, 1.165) is 34.6 Å². The van der Waals surface area contributed by atoms with Crippen LogP contribution in [0.2, 0.25) is 0 Å². The third-order valence-corrected chi connectivity index (χ3v) is 4.81. The van der Waals surface area contributed by atoms with Crippen LogP contribution in [0.15, 0.2) is 60.8 Å². The van der Waals surface area contributed by atoms with Crippen LogP contribution in [0.4, 0.5) is 17.2 Å². The zero-order chi connectivity index (χ0) is 19.1. The summed E-state index contributed by atoms with van der Waals surface area (Å²) < 4.78 is 1.81. The lowest BCUT2D eigenvalue weighted by molar-refractivity contribution is -0.122. The van der Waals surface area contributed by atoms with Crippen LogP contribution in [-0.4, -0.2) is 32.2 Å². The van der Waals surface area contributed by atoms with Crippen molar-refractivity contribution in [1.29, 1.82) is 0 Å². The van der Waals surface area contributed by atoms with E-state index < -0.39 is 0 Å². The number of anilines is 3. The molecular weight excluding hydrogens is 352 g/mol. The lowest BCUT2D eigenvalue weighted by atomic mass is 10.1. The van der Waals surface area contributed by atoms with Gasteiger partial charge in [-0.15, -0.1) is 0 Å². The SMILES string of the molecule is Cc1nc(Nc2cccc(N3CCC3=O)c2)c2cnn(-c3ccccc3)c2n1. The molecule has 0 atom stereocenters. The first-order valence-corrected chi connectivity index (χ1v) is 9.14. The molecule has 2 aromatic carbocycles. The van der Waals surface area contributed by atoms with Gasteiger partial charge in [0.15, 0.2) is 5.65 Å². The molecule has 4 aromatic rings. The molecule has 2 aromatic heterocycles. The van der Waals surface area contributed by atoms with Gasteiger partial charge in [-0.2, -0.15) is 5.10 Å². The Labute approximate surface area is 161 Å². The number of carbonyl (C=O) groups excluding carboxylic acids is 1. The van der Waals surface area contributed by atoms with Crippen molar-refractivity contribution in [1.82, 2.24) is 19.7 Å². The summed E-state index contributed by atoms with van der Waals surface area (Å²) in [6, 6.07) is 17.7. The highest BCUT2D eigenvalue weighted by atomic mass is 16.2. The fourth-order valence-corrected chi connectivity index (χ4v) is 3.35. The van der Waals surface area contributed by atoms with Crippen molar-refractivity contribution in [2.24, 2.45) is 0 Å². The number of β-lactam (4-membered cyclic amide) rings is 1. The van der Waals surface area contributed by atoms with Crippen LogP contribution < -0.4 is 10.2 Å². The van der Waals surface area contributed by atoms with Crippen LogP contribution in [0.3, 0.4) is 0 Å². The van der Waals surface area contributed by atoms with E-state index in [9.17, 15) is 4.79 Å². The van der Waals surface area contributed by atoms with Gasteiger partial charge in [-0.05, 0) is 37.3 Å². The lowest BCUT2D eigenvalue weighted by Gasteiger charge is -2.30. The number of nitrogens with one attached hydrogen (secondary N) is 1. The second-order valence-corrected chi connectivity index (χ2v) is 6.72. The maximum atomic E-state index is 11.7. The molecule has 0 bridgehead atoms. The number of benzene rings is 2. The van der Waals surface area contributed by atoms with Gasteiger partial charge < -0.3 is 10.2 Å². The number of hydrogen-bond donors (Lipinski definition) is 1. The van der Waals surface area contributed by atoms with Crippen LogP contribution in [0, 0.1) is 6.92 Å². The molecule has 28 heavy (non-hydrogen) atoms. The van der Waals surface area contributed by atoms with Crippen molar-refractivity contribution in [2.45, 2.75) is 13.3 Å². The molecule has 5 rings (SSSR count). The summed E-state index contributed by atoms with van der Waals surface area (Å²) in [6.07, 6.45) is 2.38.